The molecule has 35 heavy (non-hydrogen) atoms. The molecule has 0 bridgehead atoms. The van der Waals surface area contributed by atoms with Crippen molar-refractivity contribution in [3.8, 4) is 11.3 Å². The first-order chi connectivity index (χ1) is 16.9. The Labute approximate surface area is 210 Å². The molecule has 1 N–H and O–H groups in total. The Morgan fingerprint density at radius 3 is 2.54 bits per heavy atom. The number of hydrazone groups is 1. The maximum absolute atomic E-state index is 13.1. The molecule has 0 saturated heterocycles. The van der Waals surface area contributed by atoms with Crippen LogP contribution in [0.3, 0.4) is 0 Å². The Morgan fingerprint density at radius 1 is 1.09 bits per heavy atom. The molecule has 1 atom stereocenters. The molecule has 1 aromatic heterocycles. The summed E-state index contributed by atoms with van der Waals surface area (Å²) in [5, 5.41) is 15.0. The molecular formula is C27H22BrN3O4. The van der Waals surface area contributed by atoms with Crippen LogP contribution in [0.1, 0.15) is 28.4 Å². The Kier molecular flexibility index (Phi) is 7.52. The third-order valence-corrected chi connectivity index (χ3v) is 6.28. The van der Waals surface area contributed by atoms with Crippen molar-refractivity contribution in [1.29, 1.82) is 0 Å². The molecule has 0 radical (unpaired) electrons. The Bertz CT molecular complexity index is 1380. The molecule has 1 amide bonds. The SMILES string of the molecule is Cc1ccccc1CC(C(=O)NN=Cc1ccc(-c2ccc([N+](=O)[O-])cc2Br)o1)c1ccccc1. The Balaban J connectivity index is 1.48. The van der Waals surface area contributed by atoms with E-state index in [1.54, 1.807) is 18.2 Å². The van der Waals surface area contributed by atoms with Crippen molar-refractivity contribution in [2.45, 2.75) is 19.3 Å². The van der Waals surface area contributed by atoms with Gasteiger partial charge in [-0.1, -0.05) is 54.6 Å². The van der Waals surface area contributed by atoms with E-state index in [2.05, 4.69) is 26.5 Å². The number of amides is 1. The van der Waals surface area contributed by atoms with Crippen molar-refractivity contribution in [1.82, 2.24) is 5.43 Å². The van der Waals surface area contributed by atoms with E-state index >= 15 is 0 Å². The van der Waals surface area contributed by atoms with Gasteiger partial charge in [-0.2, -0.15) is 5.10 Å². The van der Waals surface area contributed by atoms with Crippen molar-refractivity contribution < 1.29 is 14.1 Å². The summed E-state index contributed by atoms with van der Waals surface area (Å²) in [4.78, 5) is 23.6. The quantitative estimate of drug-likeness (QED) is 0.161. The molecule has 1 unspecified atom stereocenters. The summed E-state index contributed by atoms with van der Waals surface area (Å²) in [6, 6.07) is 25.5. The van der Waals surface area contributed by atoms with E-state index in [1.165, 1.54) is 18.3 Å². The van der Waals surface area contributed by atoms with Crippen LogP contribution in [0.4, 0.5) is 5.69 Å². The number of benzene rings is 3. The van der Waals surface area contributed by atoms with Gasteiger partial charge in [0, 0.05) is 22.2 Å². The number of hydrogen-bond donors (Lipinski definition) is 1. The Hall–Kier alpha value is -4.04. The first-order valence-corrected chi connectivity index (χ1v) is 11.7. The number of nitrogens with zero attached hydrogens (tertiary/aromatic N) is 2. The van der Waals surface area contributed by atoms with Crippen LogP contribution in [0.5, 0.6) is 0 Å². The molecule has 0 saturated carbocycles. The van der Waals surface area contributed by atoms with E-state index in [-0.39, 0.29) is 11.6 Å². The number of nitrogens with one attached hydrogen (secondary N) is 1. The van der Waals surface area contributed by atoms with E-state index < -0.39 is 10.8 Å². The highest BCUT2D eigenvalue weighted by molar-refractivity contribution is 9.10. The predicted octanol–water partition coefficient (Wildman–Crippen LogP) is 6.40. The van der Waals surface area contributed by atoms with Crippen molar-refractivity contribution in [2.24, 2.45) is 5.10 Å². The smallest absolute Gasteiger partial charge is 0.270 e. The van der Waals surface area contributed by atoms with Crippen molar-refractivity contribution in [2.75, 3.05) is 0 Å². The molecule has 0 aliphatic carbocycles. The van der Waals surface area contributed by atoms with E-state index in [4.69, 9.17) is 4.42 Å². The van der Waals surface area contributed by atoms with Crippen LogP contribution in [0, 0.1) is 17.0 Å². The average Bonchev–Trinajstić information content (AvgIpc) is 3.32. The normalized spacial score (nSPS) is 11.9. The summed E-state index contributed by atoms with van der Waals surface area (Å²) in [6.45, 7) is 2.03. The molecule has 7 nitrogen and oxygen atoms in total. The summed E-state index contributed by atoms with van der Waals surface area (Å²) in [5.74, 6) is 0.320. The fourth-order valence-electron chi connectivity index (χ4n) is 3.73. The van der Waals surface area contributed by atoms with Crippen LogP contribution < -0.4 is 5.43 Å². The lowest BCUT2D eigenvalue weighted by Gasteiger charge is -2.17. The van der Waals surface area contributed by atoms with E-state index in [0.717, 1.165) is 16.7 Å². The minimum Gasteiger partial charge on any atom is -0.455 e. The zero-order valence-electron chi connectivity index (χ0n) is 18.9. The van der Waals surface area contributed by atoms with Gasteiger partial charge in [0.05, 0.1) is 17.1 Å². The second kappa shape index (κ2) is 10.9. The van der Waals surface area contributed by atoms with Gasteiger partial charge in [0.25, 0.3) is 5.69 Å². The van der Waals surface area contributed by atoms with Crippen LogP contribution in [0.2, 0.25) is 0 Å². The van der Waals surface area contributed by atoms with Gasteiger partial charge >= 0.3 is 0 Å². The fourth-order valence-corrected chi connectivity index (χ4v) is 4.29. The lowest BCUT2D eigenvalue weighted by Crippen LogP contribution is -2.27. The number of hydrogen-bond acceptors (Lipinski definition) is 5. The van der Waals surface area contributed by atoms with Crippen molar-refractivity contribution >= 4 is 33.7 Å². The second-order valence-corrected chi connectivity index (χ2v) is 8.81. The number of halogens is 1. The van der Waals surface area contributed by atoms with Gasteiger partial charge in [-0.15, -0.1) is 0 Å². The zero-order chi connectivity index (χ0) is 24.8. The van der Waals surface area contributed by atoms with Gasteiger partial charge in [-0.05, 0) is 64.2 Å². The van der Waals surface area contributed by atoms with Crippen LogP contribution in [0.15, 0.2) is 98.9 Å². The number of nitro groups is 1. The molecular weight excluding hydrogens is 510 g/mol. The summed E-state index contributed by atoms with van der Waals surface area (Å²) in [6.07, 6.45) is 1.98. The lowest BCUT2D eigenvalue weighted by atomic mass is 9.90. The Morgan fingerprint density at radius 2 is 1.83 bits per heavy atom. The highest BCUT2D eigenvalue weighted by Gasteiger charge is 2.21. The largest absolute Gasteiger partial charge is 0.455 e. The maximum atomic E-state index is 13.1. The standard InChI is InChI=1S/C27H22BrN3O4/c1-18-7-5-6-10-20(18)15-24(19-8-3-2-4-9-19)27(32)30-29-17-22-12-14-26(35-22)23-13-11-21(31(33)34)16-25(23)28/h2-14,16-17,24H,15H2,1H3,(H,30,32). The van der Waals surface area contributed by atoms with Crippen LogP contribution in [-0.4, -0.2) is 17.0 Å². The highest BCUT2D eigenvalue weighted by Crippen LogP contribution is 2.32. The van der Waals surface area contributed by atoms with E-state index in [0.29, 0.717) is 28.0 Å². The number of carbonyl (C=O) groups excluding carboxylic acids is 1. The third-order valence-electron chi connectivity index (χ3n) is 5.63. The minimum absolute atomic E-state index is 0.0182. The number of furan rings is 1. The van der Waals surface area contributed by atoms with Crippen LogP contribution in [0.25, 0.3) is 11.3 Å². The molecule has 0 aliphatic rings. The van der Waals surface area contributed by atoms with Gasteiger partial charge in [0.15, 0.2) is 0 Å². The fraction of sp³-hybridized carbons (Fsp3) is 0.111. The number of rotatable bonds is 8. The summed E-state index contributed by atoms with van der Waals surface area (Å²) in [5.41, 5.74) is 6.43. The maximum Gasteiger partial charge on any atom is 0.270 e. The average molecular weight is 532 g/mol. The first kappa shape index (κ1) is 24.1. The number of carbonyl (C=O) groups is 1. The van der Waals surface area contributed by atoms with Crippen LogP contribution >= 0.6 is 15.9 Å². The van der Waals surface area contributed by atoms with Gasteiger partial charge in [-0.3, -0.25) is 14.9 Å². The predicted molar refractivity (Wildman–Crippen MR) is 138 cm³/mol. The molecule has 0 aliphatic heterocycles. The van der Waals surface area contributed by atoms with Gasteiger partial charge in [0.2, 0.25) is 5.91 Å². The summed E-state index contributed by atoms with van der Waals surface area (Å²) in [7, 11) is 0. The summed E-state index contributed by atoms with van der Waals surface area (Å²) < 4.78 is 6.33. The summed E-state index contributed by atoms with van der Waals surface area (Å²) >= 11 is 3.35. The van der Waals surface area contributed by atoms with E-state index in [1.807, 2.05) is 61.5 Å². The minimum atomic E-state index is -0.459. The van der Waals surface area contributed by atoms with Crippen molar-refractivity contribution in [3.05, 3.63) is 122 Å². The topological polar surface area (TPSA) is 97.7 Å². The molecule has 8 heteroatoms. The molecule has 4 rings (SSSR count). The second-order valence-electron chi connectivity index (χ2n) is 7.95. The molecule has 0 fully saturated rings. The van der Waals surface area contributed by atoms with Gasteiger partial charge in [-0.25, -0.2) is 5.43 Å². The molecule has 1 heterocycles. The number of aryl methyl sites for hydroxylation is 1. The van der Waals surface area contributed by atoms with Gasteiger partial charge < -0.3 is 4.42 Å². The van der Waals surface area contributed by atoms with E-state index in [9.17, 15) is 14.9 Å². The molecule has 0 spiro atoms. The van der Waals surface area contributed by atoms with Crippen molar-refractivity contribution in [3.63, 3.8) is 0 Å². The number of non-ortho nitro benzene ring substituents is 1. The lowest BCUT2D eigenvalue weighted by molar-refractivity contribution is -0.384. The third kappa shape index (κ3) is 5.91. The highest BCUT2D eigenvalue weighted by atomic mass is 79.9. The number of nitro benzene ring substituents is 1. The monoisotopic (exact) mass is 531 g/mol. The van der Waals surface area contributed by atoms with Crippen LogP contribution in [-0.2, 0) is 11.2 Å². The molecule has 176 valence electrons. The first-order valence-electron chi connectivity index (χ1n) is 10.9. The molecule has 3 aromatic carbocycles. The van der Waals surface area contributed by atoms with Gasteiger partial charge in [0.1, 0.15) is 11.5 Å². The zero-order valence-corrected chi connectivity index (χ0v) is 20.4. The molecule has 4 aromatic rings.